The largest absolute Gasteiger partial charge is 0.464 e. The van der Waals surface area contributed by atoms with Crippen LogP contribution in [0.4, 0.5) is 0 Å². The molecule has 1 aromatic carbocycles. The van der Waals surface area contributed by atoms with Crippen molar-refractivity contribution >= 4 is 23.6 Å². The summed E-state index contributed by atoms with van der Waals surface area (Å²) in [5, 5.41) is 8.91. The summed E-state index contributed by atoms with van der Waals surface area (Å²) in [7, 11) is 0. The fourth-order valence-electron chi connectivity index (χ4n) is 2.17. The van der Waals surface area contributed by atoms with Gasteiger partial charge >= 0.3 is 5.97 Å². The van der Waals surface area contributed by atoms with E-state index in [1.807, 2.05) is 6.07 Å². The molecule has 1 heterocycles. The molecule has 1 saturated heterocycles. The Morgan fingerprint density at radius 2 is 2.33 bits per heavy atom. The van der Waals surface area contributed by atoms with E-state index < -0.39 is 6.04 Å². The molecule has 1 fully saturated rings. The third-order valence-electron chi connectivity index (χ3n) is 3.19. The van der Waals surface area contributed by atoms with Crippen molar-refractivity contribution in [2.75, 3.05) is 24.7 Å². The minimum Gasteiger partial charge on any atom is -0.464 e. The first-order valence-electron chi connectivity index (χ1n) is 6.73. The van der Waals surface area contributed by atoms with Gasteiger partial charge in [-0.1, -0.05) is 6.07 Å². The lowest BCUT2D eigenvalue weighted by molar-refractivity contribution is -0.147. The maximum absolute atomic E-state index is 12.6. The molecule has 2 rings (SSSR count). The van der Waals surface area contributed by atoms with Crippen LogP contribution < -0.4 is 0 Å². The number of hydrogen-bond acceptors (Lipinski definition) is 5. The molecule has 0 N–H and O–H groups in total. The average molecular weight is 304 g/mol. The topological polar surface area (TPSA) is 70.4 Å². The number of carbonyl (C=O) groups excluding carboxylic acids is 2. The van der Waals surface area contributed by atoms with Crippen molar-refractivity contribution in [2.45, 2.75) is 13.0 Å². The summed E-state index contributed by atoms with van der Waals surface area (Å²) in [6.45, 7) is 2.55. The normalized spacial score (nSPS) is 17.9. The van der Waals surface area contributed by atoms with Gasteiger partial charge in [-0.3, -0.25) is 4.79 Å². The number of thioether (sulfide) groups is 1. The van der Waals surface area contributed by atoms with Crippen LogP contribution >= 0.6 is 11.8 Å². The lowest BCUT2D eigenvalue weighted by atomic mass is 10.1. The highest BCUT2D eigenvalue weighted by Gasteiger charge is 2.34. The number of hydrogen-bond donors (Lipinski definition) is 0. The van der Waals surface area contributed by atoms with E-state index in [4.69, 9.17) is 10.00 Å². The second-order valence-electron chi connectivity index (χ2n) is 4.53. The first-order valence-corrected chi connectivity index (χ1v) is 7.88. The van der Waals surface area contributed by atoms with Crippen molar-refractivity contribution in [1.29, 1.82) is 5.26 Å². The summed E-state index contributed by atoms with van der Waals surface area (Å²) >= 11 is 1.63. The van der Waals surface area contributed by atoms with E-state index >= 15 is 0 Å². The summed E-state index contributed by atoms with van der Waals surface area (Å²) in [5.41, 5.74) is 0.857. The van der Waals surface area contributed by atoms with Crippen molar-refractivity contribution in [3.63, 3.8) is 0 Å². The van der Waals surface area contributed by atoms with Gasteiger partial charge in [0.2, 0.25) is 0 Å². The van der Waals surface area contributed by atoms with Gasteiger partial charge < -0.3 is 9.64 Å². The Morgan fingerprint density at radius 1 is 1.52 bits per heavy atom. The van der Waals surface area contributed by atoms with Gasteiger partial charge in [0.15, 0.2) is 0 Å². The van der Waals surface area contributed by atoms with E-state index in [0.29, 0.717) is 30.0 Å². The molecule has 0 saturated carbocycles. The maximum atomic E-state index is 12.6. The lowest BCUT2D eigenvalue weighted by Crippen LogP contribution is -2.51. The molecule has 1 aliphatic heterocycles. The molecule has 0 bridgehead atoms. The van der Waals surface area contributed by atoms with Gasteiger partial charge in [0, 0.05) is 23.6 Å². The minimum absolute atomic E-state index is 0.231. The zero-order chi connectivity index (χ0) is 15.2. The highest BCUT2D eigenvalue weighted by atomic mass is 32.2. The third-order valence-corrected chi connectivity index (χ3v) is 4.21. The number of benzene rings is 1. The maximum Gasteiger partial charge on any atom is 0.329 e. The number of ether oxygens (including phenoxy) is 1. The van der Waals surface area contributed by atoms with Crippen molar-refractivity contribution in [2.24, 2.45) is 0 Å². The number of nitrogens with zero attached hydrogens (tertiary/aromatic N) is 2. The van der Waals surface area contributed by atoms with Crippen molar-refractivity contribution in [3.05, 3.63) is 35.4 Å². The van der Waals surface area contributed by atoms with Gasteiger partial charge in [0.05, 0.1) is 18.2 Å². The quantitative estimate of drug-likeness (QED) is 0.795. The summed E-state index contributed by atoms with van der Waals surface area (Å²) < 4.78 is 5.04. The zero-order valence-corrected chi connectivity index (χ0v) is 12.6. The van der Waals surface area contributed by atoms with Crippen molar-refractivity contribution < 1.29 is 14.3 Å². The SMILES string of the molecule is CCOC(=O)[C@@H]1CSCCN1C(=O)c1cccc(C#N)c1. The van der Waals surface area contributed by atoms with Crippen LogP contribution in [0.25, 0.3) is 0 Å². The van der Waals surface area contributed by atoms with Crippen LogP contribution in [0, 0.1) is 11.3 Å². The minimum atomic E-state index is -0.554. The Labute approximate surface area is 127 Å². The molecule has 1 amide bonds. The van der Waals surface area contributed by atoms with Crippen molar-refractivity contribution in [1.82, 2.24) is 4.90 Å². The fraction of sp³-hybridized carbons (Fsp3) is 0.400. The number of nitriles is 1. The Balaban J connectivity index is 2.22. The average Bonchev–Trinajstić information content (AvgIpc) is 2.54. The summed E-state index contributed by atoms with van der Waals surface area (Å²) in [6.07, 6.45) is 0. The molecule has 6 heteroatoms. The number of esters is 1. The molecule has 5 nitrogen and oxygen atoms in total. The zero-order valence-electron chi connectivity index (χ0n) is 11.7. The summed E-state index contributed by atoms with van der Waals surface area (Å²) in [5.74, 6) is 0.738. The molecule has 0 radical (unpaired) electrons. The third kappa shape index (κ3) is 3.56. The lowest BCUT2D eigenvalue weighted by Gasteiger charge is -2.33. The molecular formula is C15H16N2O3S. The van der Waals surface area contributed by atoms with Crippen LogP contribution in [0.1, 0.15) is 22.8 Å². The van der Waals surface area contributed by atoms with Crippen LogP contribution in [0.3, 0.4) is 0 Å². The Hall–Kier alpha value is -2.00. The first-order chi connectivity index (χ1) is 10.2. The summed E-state index contributed by atoms with van der Waals surface area (Å²) in [4.78, 5) is 26.1. The Kier molecular flexibility index (Phi) is 5.23. The van der Waals surface area contributed by atoms with E-state index in [0.717, 1.165) is 5.75 Å². The fourth-order valence-corrected chi connectivity index (χ4v) is 3.20. The van der Waals surface area contributed by atoms with Gasteiger partial charge in [-0.25, -0.2) is 4.79 Å². The van der Waals surface area contributed by atoms with Crippen LogP contribution in [-0.4, -0.2) is 47.5 Å². The van der Waals surface area contributed by atoms with E-state index in [1.165, 1.54) is 0 Å². The molecular weight excluding hydrogens is 288 g/mol. The van der Waals surface area contributed by atoms with Gasteiger partial charge in [-0.15, -0.1) is 0 Å². The van der Waals surface area contributed by atoms with Gasteiger partial charge in [0.1, 0.15) is 6.04 Å². The van der Waals surface area contributed by atoms with E-state index in [2.05, 4.69) is 0 Å². The predicted molar refractivity (Wildman–Crippen MR) is 79.9 cm³/mol. The van der Waals surface area contributed by atoms with Gasteiger partial charge in [-0.05, 0) is 25.1 Å². The van der Waals surface area contributed by atoms with E-state index in [1.54, 1.807) is 47.9 Å². The molecule has 1 atom stereocenters. The highest BCUT2D eigenvalue weighted by Crippen LogP contribution is 2.20. The van der Waals surface area contributed by atoms with Crippen LogP contribution in [0.2, 0.25) is 0 Å². The Morgan fingerprint density at radius 3 is 3.05 bits per heavy atom. The molecule has 21 heavy (non-hydrogen) atoms. The molecule has 0 spiro atoms. The standard InChI is InChI=1S/C15H16N2O3S/c1-2-20-15(19)13-10-21-7-6-17(13)14(18)12-5-3-4-11(8-12)9-16/h3-5,8,13H,2,6-7,10H2,1H3/t13-/m0/s1. The number of carbonyl (C=O) groups is 2. The van der Waals surface area contributed by atoms with Crippen LogP contribution in [-0.2, 0) is 9.53 Å². The van der Waals surface area contributed by atoms with Gasteiger partial charge in [-0.2, -0.15) is 17.0 Å². The molecule has 0 unspecified atom stereocenters. The summed E-state index contributed by atoms with van der Waals surface area (Å²) in [6, 6.07) is 7.98. The van der Waals surface area contributed by atoms with Crippen LogP contribution in [0.15, 0.2) is 24.3 Å². The predicted octanol–water partition coefficient (Wildman–Crippen LogP) is 1.68. The number of amides is 1. The highest BCUT2D eigenvalue weighted by molar-refractivity contribution is 7.99. The Bertz CT molecular complexity index is 583. The van der Waals surface area contributed by atoms with Gasteiger partial charge in [0.25, 0.3) is 5.91 Å². The van der Waals surface area contributed by atoms with Crippen LogP contribution in [0.5, 0.6) is 0 Å². The molecule has 0 aromatic heterocycles. The molecule has 110 valence electrons. The second kappa shape index (κ2) is 7.14. The molecule has 1 aromatic rings. The monoisotopic (exact) mass is 304 g/mol. The second-order valence-corrected chi connectivity index (χ2v) is 5.68. The smallest absolute Gasteiger partial charge is 0.329 e. The number of rotatable bonds is 3. The van der Waals surface area contributed by atoms with E-state index in [9.17, 15) is 9.59 Å². The first kappa shape index (κ1) is 15.4. The van der Waals surface area contributed by atoms with E-state index in [-0.39, 0.29) is 11.9 Å². The van der Waals surface area contributed by atoms with Crippen molar-refractivity contribution in [3.8, 4) is 6.07 Å². The molecule has 1 aliphatic rings. The molecule has 0 aliphatic carbocycles.